The molecule has 1 aliphatic rings. The van der Waals surface area contributed by atoms with Crippen molar-refractivity contribution < 1.29 is 4.74 Å². The smallest absolute Gasteiger partial charge is 0.182 e. The average Bonchev–Trinajstić information content (AvgIpc) is 2.75. The highest BCUT2D eigenvalue weighted by Crippen LogP contribution is 2.23. The summed E-state index contributed by atoms with van der Waals surface area (Å²) in [7, 11) is 0. The van der Waals surface area contributed by atoms with E-state index in [-0.39, 0.29) is 12.2 Å². The Morgan fingerprint density at radius 2 is 2.00 bits per heavy atom. The van der Waals surface area contributed by atoms with Crippen molar-refractivity contribution in [2.75, 3.05) is 18.0 Å². The molecule has 1 saturated heterocycles. The van der Waals surface area contributed by atoms with Crippen LogP contribution in [0, 0.1) is 0 Å². The number of aromatic amines is 1. The molecule has 0 unspecified atom stereocenters. The molecule has 0 radical (unpaired) electrons. The summed E-state index contributed by atoms with van der Waals surface area (Å²) >= 11 is 0. The number of ether oxygens (including phenoxy) is 1. The van der Waals surface area contributed by atoms with E-state index in [2.05, 4.69) is 38.7 Å². The highest BCUT2D eigenvalue weighted by molar-refractivity contribution is 5.82. The third-order valence-electron chi connectivity index (χ3n) is 2.92. The molecule has 3 rings (SSSR count). The van der Waals surface area contributed by atoms with E-state index in [4.69, 9.17) is 4.74 Å². The summed E-state index contributed by atoms with van der Waals surface area (Å²) in [6.45, 7) is 5.84. The molecule has 0 amide bonds. The van der Waals surface area contributed by atoms with Crippen LogP contribution in [0.4, 0.5) is 5.82 Å². The second-order valence-electron chi connectivity index (χ2n) is 4.46. The number of aromatic nitrogens is 4. The van der Waals surface area contributed by atoms with E-state index in [1.165, 1.54) is 0 Å². The number of morpholine rings is 1. The number of nitrogens with one attached hydrogen (secondary N) is 1. The number of imidazole rings is 1. The molecule has 17 heavy (non-hydrogen) atoms. The van der Waals surface area contributed by atoms with Crippen molar-refractivity contribution in [2.45, 2.75) is 26.1 Å². The van der Waals surface area contributed by atoms with Gasteiger partial charge in [0.25, 0.3) is 0 Å². The summed E-state index contributed by atoms with van der Waals surface area (Å²) in [6.07, 6.45) is 3.64. The number of anilines is 1. The lowest BCUT2D eigenvalue weighted by molar-refractivity contribution is -0.00538. The lowest BCUT2D eigenvalue weighted by atomic mass is 10.2. The Balaban J connectivity index is 2.00. The van der Waals surface area contributed by atoms with Crippen molar-refractivity contribution in [1.29, 1.82) is 0 Å². The Hall–Kier alpha value is -1.69. The molecular weight excluding hydrogens is 218 g/mol. The number of hydrogen-bond acceptors (Lipinski definition) is 5. The molecule has 2 aromatic rings. The number of fused-ring (bicyclic) bond motifs is 1. The van der Waals surface area contributed by atoms with E-state index in [0.717, 1.165) is 24.4 Å². The molecule has 0 aliphatic carbocycles. The van der Waals surface area contributed by atoms with Gasteiger partial charge in [-0.25, -0.2) is 15.0 Å². The lowest BCUT2D eigenvalue weighted by Crippen LogP contribution is -2.46. The molecule has 0 spiro atoms. The fourth-order valence-electron chi connectivity index (χ4n) is 2.34. The van der Waals surface area contributed by atoms with Crippen LogP contribution >= 0.6 is 0 Å². The first-order valence-electron chi connectivity index (χ1n) is 5.78. The molecule has 1 N–H and O–H groups in total. The summed E-state index contributed by atoms with van der Waals surface area (Å²) < 4.78 is 5.72. The molecule has 3 heterocycles. The second-order valence-corrected chi connectivity index (χ2v) is 4.46. The Morgan fingerprint density at radius 1 is 1.24 bits per heavy atom. The highest BCUT2D eigenvalue weighted by Gasteiger charge is 2.24. The Bertz CT molecular complexity index is 515. The van der Waals surface area contributed by atoms with Gasteiger partial charge >= 0.3 is 0 Å². The van der Waals surface area contributed by atoms with Gasteiger partial charge in [-0.3, -0.25) is 0 Å². The van der Waals surface area contributed by atoms with Crippen molar-refractivity contribution >= 4 is 17.0 Å². The van der Waals surface area contributed by atoms with Crippen LogP contribution in [0.3, 0.4) is 0 Å². The summed E-state index contributed by atoms with van der Waals surface area (Å²) in [4.78, 5) is 18.0. The van der Waals surface area contributed by atoms with E-state index < -0.39 is 0 Å². The molecule has 0 saturated carbocycles. The SMILES string of the molecule is C[C@@H]1CN(c2ncnc3nc[nH]c23)C[C@H](C)O1. The average molecular weight is 233 g/mol. The predicted octanol–water partition coefficient (Wildman–Crippen LogP) is 0.967. The minimum Gasteiger partial charge on any atom is -0.372 e. The Labute approximate surface area is 99.0 Å². The number of rotatable bonds is 1. The van der Waals surface area contributed by atoms with E-state index in [9.17, 15) is 0 Å². The van der Waals surface area contributed by atoms with Crippen molar-refractivity contribution in [3.63, 3.8) is 0 Å². The monoisotopic (exact) mass is 233 g/mol. The standard InChI is InChI=1S/C11H15N5O/c1-7-3-16(4-8(2)17-7)11-9-10(13-5-12-9)14-6-15-11/h5-8H,3-4H2,1-2H3,(H,12,13,14,15)/t7-,8+. The molecule has 2 atom stereocenters. The first-order chi connectivity index (χ1) is 8.24. The zero-order valence-corrected chi connectivity index (χ0v) is 9.92. The maximum atomic E-state index is 5.72. The number of nitrogens with zero attached hydrogens (tertiary/aromatic N) is 4. The van der Waals surface area contributed by atoms with E-state index >= 15 is 0 Å². The number of H-pyrrole nitrogens is 1. The summed E-state index contributed by atoms with van der Waals surface area (Å²) in [5.41, 5.74) is 1.61. The van der Waals surface area contributed by atoms with Gasteiger partial charge < -0.3 is 14.6 Å². The van der Waals surface area contributed by atoms with Crippen LogP contribution in [0.2, 0.25) is 0 Å². The van der Waals surface area contributed by atoms with Crippen LogP contribution in [0.1, 0.15) is 13.8 Å². The first-order valence-corrected chi connectivity index (χ1v) is 5.78. The van der Waals surface area contributed by atoms with Gasteiger partial charge in [0.05, 0.1) is 18.5 Å². The molecular formula is C11H15N5O. The first kappa shape index (κ1) is 10.5. The fourth-order valence-corrected chi connectivity index (χ4v) is 2.34. The summed E-state index contributed by atoms with van der Waals surface area (Å²) in [6, 6.07) is 0. The third kappa shape index (κ3) is 1.84. The number of hydrogen-bond donors (Lipinski definition) is 1. The van der Waals surface area contributed by atoms with Crippen LogP contribution in [0.25, 0.3) is 11.2 Å². The zero-order valence-electron chi connectivity index (χ0n) is 9.92. The quantitative estimate of drug-likeness (QED) is 0.794. The van der Waals surface area contributed by atoms with Gasteiger partial charge in [0.1, 0.15) is 11.8 Å². The van der Waals surface area contributed by atoms with Gasteiger partial charge in [-0.2, -0.15) is 0 Å². The topological polar surface area (TPSA) is 66.9 Å². The summed E-state index contributed by atoms with van der Waals surface area (Å²) in [5.74, 6) is 0.912. The largest absolute Gasteiger partial charge is 0.372 e. The van der Waals surface area contributed by atoms with Crippen LogP contribution in [-0.2, 0) is 4.74 Å². The maximum absolute atomic E-state index is 5.72. The van der Waals surface area contributed by atoms with Gasteiger partial charge in [0, 0.05) is 13.1 Å². The summed E-state index contributed by atoms with van der Waals surface area (Å²) in [5, 5.41) is 0. The van der Waals surface area contributed by atoms with Gasteiger partial charge in [-0.1, -0.05) is 0 Å². The van der Waals surface area contributed by atoms with Crippen LogP contribution in [0.15, 0.2) is 12.7 Å². The molecule has 6 nitrogen and oxygen atoms in total. The van der Waals surface area contributed by atoms with Crippen LogP contribution in [0.5, 0.6) is 0 Å². The predicted molar refractivity (Wildman–Crippen MR) is 63.9 cm³/mol. The van der Waals surface area contributed by atoms with Crippen LogP contribution < -0.4 is 4.90 Å². The van der Waals surface area contributed by atoms with Gasteiger partial charge in [0.15, 0.2) is 11.5 Å². The normalized spacial score (nSPS) is 25.4. The van der Waals surface area contributed by atoms with Crippen molar-refractivity contribution in [3.05, 3.63) is 12.7 Å². The van der Waals surface area contributed by atoms with E-state index in [0.29, 0.717) is 5.65 Å². The molecule has 0 aromatic carbocycles. The molecule has 2 aromatic heterocycles. The molecule has 90 valence electrons. The molecule has 0 bridgehead atoms. The Morgan fingerprint density at radius 3 is 2.76 bits per heavy atom. The second kappa shape index (κ2) is 3.96. The maximum Gasteiger partial charge on any atom is 0.182 e. The van der Waals surface area contributed by atoms with Crippen molar-refractivity contribution in [3.8, 4) is 0 Å². The molecule has 6 heteroatoms. The molecule has 1 aliphatic heterocycles. The van der Waals surface area contributed by atoms with Crippen molar-refractivity contribution in [1.82, 2.24) is 19.9 Å². The molecule has 1 fully saturated rings. The van der Waals surface area contributed by atoms with Gasteiger partial charge in [-0.05, 0) is 13.8 Å². The van der Waals surface area contributed by atoms with Gasteiger partial charge in [0.2, 0.25) is 0 Å². The fraction of sp³-hybridized carbons (Fsp3) is 0.545. The Kier molecular flexibility index (Phi) is 2.44. The van der Waals surface area contributed by atoms with Crippen molar-refractivity contribution in [2.24, 2.45) is 0 Å². The van der Waals surface area contributed by atoms with E-state index in [1.807, 2.05) is 0 Å². The van der Waals surface area contributed by atoms with Gasteiger partial charge in [-0.15, -0.1) is 0 Å². The van der Waals surface area contributed by atoms with E-state index in [1.54, 1.807) is 12.7 Å². The zero-order chi connectivity index (χ0) is 11.8. The minimum absolute atomic E-state index is 0.215. The third-order valence-corrected chi connectivity index (χ3v) is 2.92. The van der Waals surface area contributed by atoms with Crippen LogP contribution in [-0.4, -0.2) is 45.2 Å². The highest BCUT2D eigenvalue weighted by atomic mass is 16.5. The lowest BCUT2D eigenvalue weighted by Gasteiger charge is -2.36. The minimum atomic E-state index is 0.215.